The Kier molecular flexibility index (Phi) is 5.23. The van der Waals surface area contributed by atoms with Crippen LogP contribution in [0.25, 0.3) is 0 Å². The van der Waals surface area contributed by atoms with Crippen LogP contribution in [-0.4, -0.2) is 25.9 Å². The maximum absolute atomic E-state index is 5.93. The lowest BCUT2D eigenvalue weighted by Gasteiger charge is -2.27. The summed E-state index contributed by atoms with van der Waals surface area (Å²) in [4.78, 5) is 0. The van der Waals surface area contributed by atoms with E-state index in [0.29, 0.717) is 12.5 Å². The van der Waals surface area contributed by atoms with Crippen molar-refractivity contribution < 1.29 is 9.47 Å². The zero-order valence-electron chi connectivity index (χ0n) is 12.2. The minimum absolute atomic E-state index is 0.253. The van der Waals surface area contributed by atoms with Gasteiger partial charge in [-0.05, 0) is 43.5 Å². The number of hydrogen-bond donors (Lipinski definition) is 1. The van der Waals surface area contributed by atoms with Gasteiger partial charge in [-0.15, -0.1) is 0 Å². The van der Waals surface area contributed by atoms with Gasteiger partial charge in [0.15, 0.2) is 0 Å². The van der Waals surface area contributed by atoms with Gasteiger partial charge in [-0.1, -0.05) is 26.0 Å². The Hall–Kier alpha value is -1.06. The van der Waals surface area contributed by atoms with Crippen molar-refractivity contribution in [3.63, 3.8) is 0 Å². The second-order valence-electron chi connectivity index (χ2n) is 5.14. The van der Waals surface area contributed by atoms with E-state index in [4.69, 9.17) is 9.47 Å². The Morgan fingerprint density at radius 2 is 2.26 bits per heavy atom. The summed E-state index contributed by atoms with van der Waals surface area (Å²) in [5, 5.41) is 3.56. The third kappa shape index (κ3) is 3.48. The summed E-state index contributed by atoms with van der Waals surface area (Å²) in [7, 11) is 0. The maximum atomic E-state index is 5.93. The van der Waals surface area contributed by atoms with Crippen LogP contribution in [0.1, 0.15) is 38.8 Å². The number of nitrogens with one attached hydrogen (secondary N) is 1. The van der Waals surface area contributed by atoms with E-state index < -0.39 is 0 Å². The van der Waals surface area contributed by atoms with Gasteiger partial charge < -0.3 is 14.8 Å². The molecule has 1 heterocycles. The van der Waals surface area contributed by atoms with Gasteiger partial charge in [0.05, 0.1) is 18.8 Å². The van der Waals surface area contributed by atoms with Crippen molar-refractivity contribution in [2.24, 2.45) is 5.92 Å². The lowest BCUT2D eigenvalue weighted by Crippen LogP contribution is -2.34. The maximum Gasteiger partial charge on any atom is 0.119 e. The Morgan fingerprint density at radius 1 is 1.42 bits per heavy atom. The molecule has 106 valence electrons. The fourth-order valence-electron chi connectivity index (χ4n) is 2.75. The normalized spacial score (nSPS) is 24.4. The van der Waals surface area contributed by atoms with E-state index in [2.05, 4.69) is 37.4 Å². The highest BCUT2D eigenvalue weighted by Crippen LogP contribution is 2.32. The first-order valence-corrected chi connectivity index (χ1v) is 7.34. The first-order chi connectivity index (χ1) is 9.26. The molecule has 1 aliphatic heterocycles. The summed E-state index contributed by atoms with van der Waals surface area (Å²) in [6.07, 6.45) is 1.41. The molecule has 3 heteroatoms. The number of benzene rings is 1. The smallest absolute Gasteiger partial charge is 0.119 e. The van der Waals surface area contributed by atoms with Gasteiger partial charge in [-0.2, -0.15) is 0 Å². The Bertz CT molecular complexity index is 394. The average Bonchev–Trinajstić information content (AvgIpc) is 2.83. The van der Waals surface area contributed by atoms with Crippen LogP contribution in [0.3, 0.4) is 0 Å². The first-order valence-electron chi connectivity index (χ1n) is 7.34. The minimum atomic E-state index is 0.253. The number of likely N-dealkylation sites (N-methyl/N-ethyl adjacent to an activating group) is 1. The monoisotopic (exact) mass is 263 g/mol. The third-order valence-electron chi connectivity index (χ3n) is 3.73. The van der Waals surface area contributed by atoms with Crippen LogP contribution in [0, 0.1) is 5.92 Å². The fraction of sp³-hybridized carbons (Fsp3) is 0.625. The van der Waals surface area contributed by atoms with Crippen LogP contribution >= 0.6 is 0 Å². The van der Waals surface area contributed by atoms with Gasteiger partial charge in [0.2, 0.25) is 0 Å². The van der Waals surface area contributed by atoms with E-state index >= 15 is 0 Å². The second-order valence-corrected chi connectivity index (χ2v) is 5.14. The Balaban J connectivity index is 2.20. The van der Waals surface area contributed by atoms with Crippen molar-refractivity contribution in [3.05, 3.63) is 29.8 Å². The molecule has 0 aliphatic carbocycles. The highest BCUT2D eigenvalue weighted by atomic mass is 16.5. The van der Waals surface area contributed by atoms with Crippen LogP contribution < -0.4 is 10.1 Å². The third-order valence-corrected chi connectivity index (χ3v) is 3.73. The van der Waals surface area contributed by atoms with Gasteiger partial charge in [0.25, 0.3) is 0 Å². The predicted octanol–water partition coefficient (Wildman–Crippen LogP) is 3.16. The molecule has 3 unspecified atom stereocenters. The topological polar surface area (TPSA) is 30.5 Å². The molecule has 1 aliphatic rings. The van der Waals surface area contributed by atoms with Crippen molar-refractivity contribution in [2.75, 3.05) is 19.8 Å². The van der Waals surface area contributed by atoms with Crippen LogP contribution in [0.5, 0.6) is 5.75 Å². The van der Waals surface area contributed by atoms with Crippen molar-refractivity contribution >= 4 is 0 Å². The standard InChI is InChI=1S/C16H25NO2/c1-4-17-15(16-12(3)9-10-19-16)13-7-6-8-14(11-13)18-5-2/h6-8,11-12,15-17H,4-5,9-10H2,1-3H3. The van der Waals surface area contributed by atoms with Crippen molar-refractivity contribution in [1.29, 1.82) is 0 Å². The lowest BCUT2D eigenvalue weighted by atomic mass is 9.92. The van der Waals surface area contributed by atoms with Gasteiger partial charge in [0, 0.05) is 6.61 Å². The molecule has 0 aromatic heterocycles. The highest BCUT2D eigenvalue weighted by molar-refractivity contribution is 5.31. The summed E-state index contributed by atoms with van der Waals surface area (Å²) in [6.45, 7) is 8.94. The second kappa shape index (κ2) is 6.92. The summed E-state index contributed by atoms with van der Waals surface area (Å²) in [6, 6.07) is 8.61. The molecule has 1 fully saturated rings. The summed E-state index contributed by atoms with van der Waals surface area (Å²) >= 11 is 0. The van der Waals surface area contributed by atoms with E-state index in [-0.39, 0.29) is 12.1 Å². The molecule has 0 radical (unpaired) electrons. The van der Waals surface area contributed by atoms with E-state index in [1.165, 1.54) is 5.56 Å². The molecule has 3 nitrogen and oxygen atoms in total. The van der Waals surface area contributed by atoms with Crippen LogP contribution in [0.15, 0.2) is 24.3 Å². The van der Waals surface area contributed by atoms with E-state index in [9.17, 15) is 0 Å². The molecular weight excluding hydrogens is 238 g/mol. The van der Waals surface area contributed by atoms with Crippen LogP contribution in [0.4, 0.5) is 0 Å². The highest BCUT2D eigenvalue weighted by Gasteiger charge is 2.32. The van der Waals surface area contributed by atoms with E-state index in [1.807, 2.05) is 13.0 Å². The minimum Gasteiger partial charge on any atom is -0.494 e. The summed E-state index contributed by atoms with van der Waals surface area (Å²) in [5.74, 6) is 1.54. The molecule has 3 atom stereocenters. The number of ether oxygens (including phenoxy) is 2. The summed E-state index contributed by atoms with van der Waals surface area (Å²) < 4.78 is 11.5. The SMILES string of the molecule is CCNC(c1cccc(OCC)c1)C1OCCC1C. The molecule has 19 heavy (non-hydrogen) atoms. The van der Waals surface area contributed by atoms with Gasteiger partial charge in [-0.25, -0.2) is 0 Å². The molecule has 0 bridgehead atoms. The van der Waals surface area contributed by atoms with Crippen LogP contribution in [-0.2, 0) is 4.74 Å². The predicted molar refractivity (Wildman–Crippen MR) is 77.5 cm³/mol. The van der Waals surface area contributed by atoms with E-state index in [0.717, 1.165) is 25.3 Å². The number of hydrogen-bond acceptors (Lipinski definition) is 3. The zero-order valence-corrected chi connectivity index (χ0v) is 12.2. The summed E-state index contributed by atoms with van der Waals surface area (Å²) in [5.41, 5.74) is 1.26. The van der Waals surface area contributed by atoms with Crippen molar-refractivity contribution in [2.45, 2.75) is 39.3 Å². The molecule has 1 N–H and O–H groups in total. The van der Waals surface area contributed by atoms with Crippen molar-refractivity contribution in [3.8, 4) is 5.75 Å². The Morgan fingerprint density at radius 3 is 2.89 bits per heavy atom. The lowest BCUT2D eigenvalue weighted by molar-refractivity contribution is 0.0611. The van der Waals surface area contributed by atoms with Gasteiger partial charge in [-0.3, -0.25) is 0 Å². The molecular formula is C16H25NO2. The quantitative estimate of drug-likeness (QED) is 0.855. The zero-order chi connectivity index (χ0) is 13.7. The molecule has 0 saturated carbocycles. The molecule has 2 rings (SSSR count). The molecule has 0 amide bonds. The fourth-order valence-corrected chi connectivity index (χ4v) is 2.75. The van der Waals surface area contributed by atoms with Crippen LogP contribution in [0.2, 0.25) is 0 Å². The number of rotatable bonds is 6. The Labute approximate surface area is 116 Å². The van der Waals surface area contributed by atoms with E-state index in [1.54, 1.807) is 0 Å². The molecule has 1 aromatic carbocycles. The molecule has 1 aromatic rings. The van der Waals surface area contributed by atoms with Gasteiger partial charge >= 0.3 is 0 Å². The van der Waals surface area contributed by atoms with Crippen molar-refractivity contribution in [1.82, 2.24) is 5.32 Å². The average molecular weight is 263 g/mol. The van der Waals surface area contributed by atoms with Gasteiger partial charge in [0.1, 0.15) is 5.75 Å². The largest absolute Gasteiger partial charge is 0.494 e. The molecule has 0 spiro atoms. The molecule has 1 saturated heterocycles. The first kappa shape index (κ1) is 14.4.